The zero-order valence-electron chi connectivity index (χ0n) is 25.6. The van der Waals surface area contributed by atoms with Gasteiger partial charge in [0.25, 0.3) is 0 Å². The summed E-state index contributed by atoms with van der Waals surface area (Å²) in [7, 11) is 0. The molecule has 0 nitrogen and oxygen atoms in total. The first-order valence-corrected chi connectivity index (χ1v) is 35.0. The molecular formula is C32H44Ge4S4. The van der Waals surface area contributed by atoms with Crippen LogP contribution in [0.25, 0.3) is 44.5 Å². The van der Waals surface area contributed by atoms with Crippen LogP contribution in [-0.2, 0) is 0 Å². The summed E-state index contributed by atoms with van der Waals surface area (Å²) in [6, 6.07) is 0. The van der Waals surface area contributed by atoms with E-state index in [9.17, 15) is 0 Å². The minimum atomic E-state index is -1.31. The molecule has 0 aliphatic heterocycles. The maximum atomic E-state index is 2.66. The molecule has 0 fully saturated rings. The summed E-state index contributed by atoms with van der Waals surface area (Å²) in [5.41, 5.74) is 13.5. The van der Waals surface area contributed by atoms with E-state index in [-0.39, 0.29) is 0 Å². The molecular weight excluding hydrogens is 803 g/mol. The molecule has 4 radical (unpaired) electrons. The van der Waals surface area contributed by atoms with Crippen molar-refractivity contribution in [2.75, 3.05) is 0 Å². The average Bonchev–Trinajstić information content (AvgIpc) is 3.75. The van der Waals surface area contributed by atoms with Crippen molar-refractivity contribution in [2.45, 2.75) is 97.4 Å². The molecule has 0 unspecified atom stereocenters. The van der Waals surface area contributed by atoms with Crippen LogP contribution >= 0.6 is 45.3 Å². The van der Waals surface area contributed by atoms with E-state index in [2.05, 4.69) is 122 Å². The Hall–Kier alpha value is 0.971. The molecule has 0 aromatic carbocycles. The van der Waals surface area contributed by atoms with Crippen molar-refractivity contribution >= 4 is 118 Å². The fourth-order valence-corrected chi connectivity index (χ4v) is 37.0. The molecule has 0 spiro atoms. The van der Waals surface area contributed by atoms with Crippen LogP contribution in [0.4, 0.5) is 0 Å². The van der Waals surface area contributed by atoms with Crippen LogP contribution < -0.4 is 14.8 Å². The molecule has 0 amide bonds. The molecule has 1 aliphatic rings. The summed E-state index contributed by atoms with van der Waals surface area (Å²) >= 11 is 3.42. The van der Waals surface area contributed by atoms with Gasteiger partial charge in [-0.1, -0.05) is 0 Å². The van der Waals surface area contributed by atoms with Crippen molar-refractivity contribution in [1.29, 1.82) is 0 Å². The fraction of sp³-hybridized carbons (Fsp3) is 0.500. The van der Waals surface area contributed by atoms with Crippen LogP contribution in [0.15, 0.2) is 21.5 Å². The van der Waals surface area contributed by atoms with Gasteiger partial charge in [0, 0.05) is 0 Å². The molecule has 4 aromatic rings. The predicted molar refractivity (Wildman–Crippen MR) is 199 cm³/mol. The first-order chi connectivity index (χ1) is 19.5. The number of thiophene rings is 4. The standard InChI is InChI=1S/C32H44Ge4S4/c1-9-33(10-2)29-25-21(17-37-29)26-23(19-39-30(26)34(11-3)12-4)28-24(20-40-32(28)36(15-7)16-8)27-22(25)18-38-31(27)35(13-5)14-6/h17-20H,9-16H2,1-8H3. The second-order valence-corrected chi connectivity index (χ2v) is 43.4. The summed E-state index contributed by atoms with van der Waals surface area (Å²) < 4.78 is 7.36. The van der Waals surface area contributed by atoms with Gasteiger partial charge in [-0.3, -0.25) is 0 Å². The Kier molecular flexibility index (Phi) is 11.6. The molecule has 40 heavy (non-hydrogen) atoms. The zero-order chi connectivity index (χ0) is 28.6. The van der Waals surface area contributed by atoms with E-state index in [1.54, 1.807) is 44.5 Å². The van der Waals surface area contributed by atoms with Crippen molar-refractivity contribution in [1.82, 2.24) is 0 Å². The van der Waals surface area contributed by atoms with Crippen molar-refractivity contribution in [2.24, 2.45) is 0 Å². The van der Waals surface area contributed by atoms with Crippen LogP contribution in [0.5, 0.6) is 0 Å². The summed E-state index contributed by atoms with van der Waals surface area (Å²) in [4.78, 5) is 0. The number of hydrogen-bond donors (Lipinski definition) is 0. The third-order valence-corrected chi connectivity index (χ3v) is 42.9. The van der Waals surface area contributed by atoms with Gasteiger partial charge in [0.2, 0.25) is 0 Å². The second-order valence-electron chi connectivity index (χ2n) is 10.7. The van der Waals surface area contributed by atoms with Crippen molar-refractivity contribution in [3.63, 3.8) is 0 Å². The van der Waals surface area contributed by atoms with Crippen LogP contribution in [-0.4, -0.2) is 57.4 Å². The number of fused-ring (bicyclic) bond motifs is 8. The second kappa shape index (κ2) is 14.4. The minimum absolute atomic E-state index is 1.31. The van der Waals surface area contributed by atoms with Gasteiger partial charge >= 0.3 is 281 Å². The van der Waals surface area contributed by atoms with Gasteiger partial charge in [-0.15, -0.1) is 0 Å². The van der Waals surface area contributed by atoms with E-state index in [1.165, 1.54) is 42.0 Å². The Bertz CT molecular complexity index is 1180. The summed E-state index contributed by atoms with van der Waals surface area (Å²) in [5, 5.41) is 21.9. The van der Waals surface area contributed by atoms with Gasteiger partial charge in [-0.05, 0) is 0 Å². The molecule has 4 heterocycles. The third-order valence-electron chi connectivity index (χ3n) is 8.94. The first kappa shape index (κ1) is 32.4. The van der Waals surface area contributed by atoms with Crippen LogP contribution in [0.1, 0.15) is 55.4 Å². The molecule has 0 saturated heterocycles. The van der Waals surface area contributed by atoms with Crippen LogP contribution in [0.3, 0.4) is 0 Å². The monoisotopic (exact) mass is 852 g/mol. The SMILES string of the molecule is C[CH2][Ge]([CH2]C)[c]1scc2c1-c1cs[c]([Ge]([CH2]C)[CH2]C)c1-c1cs[c]([Ge]([CH2]C)[CH2]C)c1-c1cs[c]([Ge]([CH2]C)[CH2]C)c1-2. The Morgan fingerprint density at radius 1 is 0.350 bits per heavy atom. The molecule has 0 N–H and O–H groups in total. The van der Waals surface area contributed by atoms with E-state index in [4.69, 9.17) is 0 Å². The van der Waals surface area contributed by atoms with E-state index < -0.39 is 57.4 Å². The predicted octanol–water partition coefficient (Wildman–Crippen LogP) is 9.88. The fourth-order valence-electron chi connectivity index (χ4n) is 6.56. The van der Waals surface area contributed by atoms with Gasteiger partial charge in [0.1, 0.15) is 0 Å². The van der Waals surface area contributed by atoms with Gasteiger partial charge in [0.05, 0.1) is 0 Å². The van der Waals surface area contributed by atoms with E-state index >= 15 is 0 Å². The van der Waals surface area contributed by atoms with Gasteiger partial charge in [-0.25, -0.2) is 0 Å². The molecule has 0 saturated carbocycles. The topological polar surface area (TPSA) is 0 Å². The van der Waals surface area contributed by atoms with Gasteiger partial charge < -0.3 is 0 Å². The summed E-state index contributed by atoms with van der Waals surface area (Å²) in [5.74, 6) is 0. The normalized spacial score (nSPS) is 12.7. The summed E-state index contributed by atoms with van der Waals surface area (Å²) in [6.45, 7) is 19.9. The molecule has 8 heteroatoms. The van der Waals surface area contributed by atoms with E-state index in [1.807, 2.05) is 14.8 Å². The third kappa shape index (κ3) is 5.51. The number of hydrogen-bond acceptors (Lipinski definition) is 4. The van der Waals surface area contributed by atoms with E-state index in [0.717, 1.165) is 0 Å². The van der Waals surface area contributed by atoms with Crippen LogP contribution in [0.2, 0.25) is 42.0 Å². The Balaban J connectivity index is 1.95. The molecule has 0 atom stereocenters. The van der Waals surface area contributed by atoms with Gasteiger partial charge in [0.15, 0.2) is 0 Å². The Morgan fingerprint density at radius 2 is 0.525 bits per heavy atom. The number of rotatable bonds is 12. The van der Waals surface area contributed by atoms with Crippen molar-refractivity contribution in [3.8, 4) is 44.5 Å². The molecule has 5 rings (SSSR count). The molecule has 4 aromatic heterocycles. The summed E-state index contributed by atoms with van der Waals surface area (Å²) in [6.07, 6.45) is 0. The van der Waals surface area contributed by atoms with Gasteiger partial charge in [-0.2, -0.15) is 0 Å². The molecule has 1 aliphatic carbocycles. The Morgan fingerprint density at radius 3 is 0.675 bits per heavy atom. The van der Waals surface area contributed by atoms with Crippen molar-refractivity contribution in [3.05, 3.63) is 21.5 Å². The Labute approximate surface area is 277 Å². The molecule has 212 valence electrons. The average molecular weight is 847 g/mol. The van der Waals surface area contributed by atoms with Crippen LogP contribution in [0, 0.1) is 0 Å². The van der Waals surface area contributed by atoms with E-state index in [0.29, 0.717) is 0 Å². The first-order valence-electron chi connectivity index (χ1n) is 15.4. The van der Waals surface area contributed by atoms with Crippen molar-refractivity contribution < 1.29 is 0 Å². The molecule has 0 bridgehead atoms. The quantitative estimate of drug-likeness (QED) is 0.110. The maximum absolute atomic E-state index is 2.66. The zero-order valence-corrected chi connectivity index (χ0v) is 37.3.